The molecule has 1 amide bonds. The minimum Gasteiger partial charge on any atom is -0.452 e. The number of ether oxygens (including phenoxy) is 1. The van der Waals surface area contributed by atoms with Gasteiger partial charge in [-0.1, -0.05) is 18.2 Å². The summed E-state index contributed by atoms with van der Waals surface area (Å²) in [6, 6.07) is 5.70. The fourth-order valence-electron chi connectivity index (χ4n) is 2.17. The van der Waals surface area contributed by atoms with Crippen molar-refractivity contribution in [2.75, 3.05) is 6.61 Å². The Morgan fingerprint density at radius 1 is 0.897 bits per heavy atom. The van der Waals surface area contributed by atoms with Gasteiger partial charge in [0.25, 0.3) is 5.91 Å². The van der Waals surface area contributed by atoms with Gasteiger partial charge in [0, 0.05) is 12.1 Å². The van der Waals surface area contributed by atoms with E-state index in [1.165, 1.54) is 18.2 Å². The number of nitrogens with one attached hydrogen (secondary N) is 1. The first-order valence-electron chi connectivity index (χ1n) is 7.84. The molecule has 2 rings (SSSR count). The van der Waals surface area contributed by atoms with Crippen LogP contribution in [0.1, 0.15) is 27.0 Å². The smallest absolute Gasteiger partial charge is 0.416 e. The molecule has 0 spiro atoms. The van der Waals surface area contributed by atoms with Gasteiger partial charge in [-0.25, -0.2) is 9.18 Å². The topological polar surface area (TPSA) is 55.4 Å². The Kier molecular flexibility index (Phi) is 6.50. The first kappa shape index (κ1) is 22.2. The van der Waals surface area contributed by atoms with Crippen molar-refractivity contribution in [3.05, 3.63) is 70.5 Å². The number of halogens is 7. The molecule has 0 radical (unpaired) electrons. The van der Waals surface area contributed by atoms with Crippen molar-refractivity contribution in [1.29, 1.82) is 0 Å². The summed E-state index contributed by atoms with van der Waals surface area (Å²) < 4.78 is 94.6. The Hall–Kier alpha value is -3.11. The van der Waals surface area contributed by atoms with Crippen LogP contribution in [-0.2, 0) is 28.4 Å². The molecule has 4 nitrogen and oxygen atoms in total. The van der Waals surface area contributed by atoms with E-state index in [-0.39, 0.29) is 30.3 Å². The van der Waals surface area contributed by atoms with Crippen molar-refractivity contribution in [1.82, 2.24) is 5.32 Å². The van der Waals surface area contributed by atoms with Crippen LogP contribution in [0.5, 0.6) is 0 Å². The Bertz CT molecular complexity index is 875. The molecule has 0 bridgehead atoms. The number of esters is 1. The van der Waals surface area contributed by atoms with Gasteiger partial charge in [0.15, 0.2) is 6.61 Å². The van der Waals surface area contributed by atoms with E-state index in [2.05, 4.69) is 10.1 Å². The Morgan fingerprint density at radius 3 is 1.97 bits per heavy atom. The van der Waals surface area contributed by atoms with Crippen molar-refractivity contribution in [2.45, 2.75) is 18.9 Å². The molecule has 156 valence electrons. The highest BCUT2D eigenvalue weighted by molar-refractivity contribution is 5.91. The average molecular weight is 423 g/mol. The number of benzene rings is 2. The summed E-state index contributed by atoms with van der Waals surface area (Å²) >= 11 is 0. The second-order valence-electron chi connectivity index (χ2n) is 5.74. The molecule has 2 aromatic carbocycles. The third kappa shape index (κ3) is 6.19. The second kappa shape index (κ2) is 8.50. The first-order chi connectivity index (χ1) is 13.4. The van der Waals surface area contributed by atoms with E-state index in [9.17, 15) is 40.3 Å². The Morgan fingerprint density at radius 2 is 1.45 bits per heavy atom. The lowest BCUT2D eigenvalue weighted by Crippen LogP contribution is -2.28. The maximum Gasteiger partial charge on any atom is 0.416 e. The fourth-order valence-corrected chi connectivity index (χ4v) is 2.17. The van der Waals surface area contributed by atoms with Crippen LogP contribution in [0.3, 0.4) is 0 Å². The first-order valence-corrected chi connectivity index (χ1v) is 7.84. The lowest BCUT2D eigenvalue weighted by Gasteiger charge is -2.14. The van der Waals surface area contributed by atoms with Crippen LogP contribution in [0.25, 0.3) is 0 Å². The van der Waals surface area contributed by atoms with Gasteiger partial charge >= 0.3 is 18.3 Å². The molecular weight excluding hydrogens is 411 g/mol. The average Bonchev–Trinajstić information content (AvgIpc) is 2.63. The van der Waals surface area contributed by atoms with E-state index in [1.54, 1.807) is 0 Å². The summed E-state index contributed by atoms with van der Waals surface area (Å²) in [4.78, 5) is 23.5. The van der Waals surface area contributed by atoms with Crippen LogP contribution in [0, 0.1) is 5.82 Å². The highest BCUT2D eigenvalue weighted by Crippen LogP contribution is 2.36. The largest absolute Gasteiger partial charge is 0.452 e. The van der Waals surface area contributed by atoms with E-state index in [0.29, 0.717) is 0 Å². The monoisotopic (exact) mass is 423 g/mol. The molecule has 1 N–H and O–H groups in total. The molecule has 2 aromatic rings. The third-order valence-corrected chi connectivity index (χ3v) is 3.59. The highest BCUT2D eigenvalue weighted by Gasteiger charge is 2.37. The van der Waals surface area contributed by atoms with E-state index >= 15 is 0 Å². The normalized spacial score (nSPS) is 11.8. The van der Waals surface area contributed by atoms with Gasteiger partial charge in [0.2, 0.25) is 0 Å². The quantitative estimate of drug-likeness (QED) is 0.575. The van der Waals surface area contributed by atoms with E-state index in [4.69, 9.17) is 0 Å². The summed E-state index contributed by atoms with van der Waals surface area (Å²) in [5.74, 6) is -3.08. The zero-order valence-corrected chi connectivity index (χ0v) is 14.3. The van der Waals surface area contributed by atoms with Crippen molar-refractivity contribution in [2.24, 2.45) is 0 Å². The number of rotatable bonds is 5. The second-order valence-corrected chi connectivity index (χ2v) is 5.74. The van der Waals surface area contributed by atoms with Gasteiger partial charge < -0.3 is 10.1 Å². The third-order valence-electron chi connectivity index (χ3n) is 3.59. The van der Waals surface area contributed by atoms with Gasteiger partial charge in [-0.05, 0) is 24.3 Å². The maximum absolute atomic E-state index is 13.4. The molecule has 0 unspecified atom stereocenters. The zero-order chi connectivity index (χ0) is 21.8. The molecule has 0 atom stereocenters. The van der Waals surface area contributed by atoms with Crippen molar-refractivity contribution in [3.63, 3.8) is 0 Å². The van der Waals surface area contributed by atoms with Crippen LogP contribution in [0.2, 0.25) is 0 Å². The summed E-state index contributed by atoms with van der Waals surface area (Å²) in [6.45, 7) is -1.24. The van der Waals surface area contributed by atoms with E-state index < -0.39 is 53.3 Å². The number of hydrogen-bond donors (Lipinski definition) is 1. The number of amides is 1. The maximum atomic E-state index is 13.4. The summed E-state index contributed by atoms with van der Waals surface area (Å²) in [5.41, 5.74) is -4.28. The number of alkyl halides is 6. The highest BCUT2D eigenvalue weighted by atomic mass is 19.4. The molecule has 0 saturated carbocycles. The van der Waals surface area contributed by atoms with Gasteiger partial charge in [0.05, 0.1) is 16.7 Å². The fraction of sp³-hybridized carbons (Fsp3) is 0.222. The molecule has 0 saturated heterocycles. The molecule has 0 fully saturated rings. The van der Waals surface area contributed by atoms with Gasteiger partial charge in [-0.15, -0.1) is 0 Å². The summed E-state index contributed by atoms with van der Waals surface area (Å²) in [5, 5.41) is 2.20. The lowest BCUT2D eigenvalue weighted by molar-refractivity contribution is -0.143. The molecule has 29 heavy (non-hydrogen) atoms. The minimum absolute atomic E-state index is 0.125. The van der Waals surface area contributed by atoms with Crippen molar-refractivity contribution < 1.29 is 45.1 Å². The minimum atomic E-state index is -5.13. The number of carbonyl (C=O) groups is 2. The van der Waals surface area contributed by atoms with Crippen LogP contribution in [-0.4, -0.2) is 18.5 Å². The van der Waals surface area contributed by atoms with Crippen molar-refractivity contribution in [3.8, 4) is 0 Å². The predicted molar refractivity (Wildman–Crippen MR) is 85.0 cm³/mol. The lowest BCUT2D eigenvalue weighted by atomic mass is 10.0. The molecule has 11 heteroatoms. The zero-order valence-electron chi connectivity index (χ0n) is 14.3. The molecule has 0 aromatic heterocycles. The van der Waals surface area contributed by atoms with Crippen LogP contribution < -0.4 is 5.32 Å². The SMILES string of the molecule is O=C(COC(=O)c1cc(C(F)(F)F)cc(C(F)(F)F)c1)NCc1ccccc1F. The Labute approximate surface area is 159 Å². The number of hydrogen-bond acceptors (Lipinski definition) is 3. The van der Waals surface area contributed by atoms with E-state index in [1.807, 2.05) is 0 Å². The van der Waals surface area contributed by atoms with Gasteiger partial charge in [0.1, 0.15) is 5.82 Å². The summed E-state index contributed by atoms with van der Waals surface area (Å²) in [7, 11) is 0. The molecule has 0 aliphatic carbocycles. The van der Waals surface area contributed by atoms with Gasteiger partial charge in [-0.3, -0.25) is 4.79 Å². The van der Waals surface area contributed by atoms with Crippen LogP contribution in [0.4, 0.5) is 30.7 Å². The molecular formula is C18H12F7NO3. The Balaban J connectivity index is 2.06. The standard InChI is InChI=1S/C18H12F7NO3/c19-14-4-2-1-3-10(14)8-26-15(27)9-29-16(28)11-5-12(17(20,21)22)7-13(6-11)18(23,24)25/h1-7H,8-9H2,(H,26,27). The molecule has 0 aliphatic rings. The van der Waals surface area contributed by atoms with Crippen LogP contribution in [0.15, 0.2) is 42.5 Å². The molecule has 0 aliphatic heterocycles. The van der Waals surface area contributed by atoms with Crippen LogP contribution >= 0.6 is 0 Å². The molecule has 0 heterocycles. The van der Waals surface area contributed by atoms with Gasteiger partial charge in [-0.2, -0.15) is 26.3 Å². The van der Waals surface area contributed by atoms with E-state index in [0.717, 1.165) is 6.07 Å². The number of carbonyl (C=O) groups excluding carboxylic acids is 2. The van der Waals surface area contributed by atoms with Crippen molar-refractivity contribution >= 4 is 11.9 Å². The predicted octanol–water partition coefficient (Wildman–Crippen LogP) is 4.34. The summed E-state index contributed by atoms with van der Waals surface area (Å²) in [6.07, 6.45) is -10.3.